The number of nitrogens with two attached hydrogens (primary N) is 1. The number of morpholine rings is 1. The number of methoxy groups -OCH3 is 1. The Kier molecular flexibility index (Phi) is 9.65. The third-order valence-corrected chi connectivity index (χ3v) is 7.46. The normalized spacial score (nSPS) is 13.7. The number of urea groups is 1. The summed E-state index contributed by atoms with van der Waals surface area (Å²) >= 11 is 0. The molecule has 3 aromatic carbocycles. The van der Waals surface area contributed by atoms with E-state index in [-0.39, 0.29) is 23.0 Å². The van der Waals surface area contributed by atoms with Crippen LogP contribution in [0.5, 0.6) is 17.4 Å². The monoisotopic (exact) mass is 613 g/mol. The van der Waals surface area contributed by atoms with Crippen LogP contribution in [0, 0.1) is 0 Å². The summed E-state index contributed by atoms with van der Waals surface area (Å²) in [7, 11) is 1.48. The van der Waals surface area contributed by atoms with Crippen molar-refractivity contribution in [1.82, 2.24) is 20.2 Å². The van der Waals surface area contributed by atoms with Crippen LogP contribution in [0.15, 0.2) is 60.8 Å². The van der Waals surface area contributed by atoms with Crippen LogP contribution < -0.4 is 31.2 Å². The molecule has 12 nitrogen and oxygen atoms in total. The van der Waals surface area contributed by atoms with E-state index in [2.05, 4.69) is 30.8 Å². The summed E-state index contributed by atoms with van der Waals surface area (Å²) in [6, 6.07) is 15.8. The van der Waals surface area contributed by atoms with Gasteiger partial charge in [0.2, 0.25) is 11.8 Å². The maximum atomic E-state index is 13.4. The van der Waals surface area contributed by atoms with E-state index in [9.17, 15) is 9.59 Å². The van der Waals surface area contributed by atoms with Gasteiger partial charge in [-0.15, -0.1) is 0 Å². The average Bonchev–Trinajstić information content (AvgIpc) is 3.02. The second-order valence-corrected chi connectivity index (χ2v) is 11.7. The van der Waals surface area contributed by atoms with Gasteiger partial charge in [0, 0.05) is 49.2 Å². The molecule has 0 spiro atoms. The first-order valence-corrected chi connectivity index (χ1v) is 14.8. The quantitative estimate of drug-likeness (QED) is 0.204. The Morgan fingerprint density at radius 1 is 1.00 bits per heavy atom. The highest BCUT2D eigenvalue weighted by Crippen LogP contribution is 2.37. The number of fused-ring (bicyclic) bond motifs is 1. The zero-order valence-corrected chi connectivity index (χ0v) is 26.0. The van der Waals surface area contributed by atoms with Crippen molar-refractivity contribution in [3.8, 4) is 17.4 Å². The average molecular weight is 614 g/mol. The highest BCUT2D eigenvalue weighted by atomic mass is 16.5. The molecule has 1 aromatic heterocycles. The van der Waals surface area contributed by atoms with Crippen LogP contribution in [-0.4, -0.2) is 73.3 Å². The standard InChI is InChI=1S/C33H39N7O5/c1-33(2,3)21-19-24(30(41)35-13-14-40-15-17-44-18-16-40)29(43-4)26(20-21)38-32(42)37-25-9-10-27(23-8-6-5-7-22(23)25)45-28-11-12-36-31(34)39-28/h5-12,19-20H,13-18H2,1-4H3,(H,35,41)(H2,34,36,39)(H2,37,38,42). The molecule has 4 aromatic rings. The fourth-order valence-corrected chi connectivity index (χ4v) is 5.06. The highest BCUT2D eigenvalue weighted by molar-refractivity contribution is 6.09. The van der Waals surface area contributed by atoms with Crippen LogP contribution in [0.25, 0.3) is 10.8 Å². The smallest absolute Gasteiger partial charge is 0.323 e. The first kappa shape index (κ1) is 31.5. The third kappa shape index (κ3) is 7.78. The lowest BCUT2D eigenvalue weighted by Crippen LogP contribution is -2.41. The van der Waals surface area contributed by atoms with E-state index in [4.69, 9.17) is 19.9 Å². The fourth-order valence-electron chi connectivity index (χ4n) is 5.06. The number of ether oxygens (including phenoxy) is 3. The van der Waals surface area contributed by atoms with E-state index in [1.807, 2.05) is 57.2 Å². The van der Waals surface area contributed by atoms with E-state index in [1.54, 1.807) is 18.2 Å². The molecule has 1 saturated heterocycles. The molecule has 0 unspecified atom stereocenters. The number of carbonyl (C=O) groups excluding carboxylic acids is 2. The number of anilines is 3. The van der Waals surface area contributed by atoms with E-state index >= 15 is 0 Å². The zero-order chi connectivity index (χ0) is 32.0. The van der Waals surface area contributed by atoms with Crippen molar-refractivity contribution in [2.75, 3.05) is 62.9 Å². The largest absolute Gasteiger partial charge is 0.494 e. The Morgan fingerprint density at radius 2 is 1.73 bits per heavy atom. The van der Waals surface area contributed by atoms with Crippen molar-refractivity contribution in [2.24, 2.45) is 0 Å². The Bertz CT molecular complexity index is 1680. The molecule has 0 radical (unpaired) electrons. The van der Waals surface area contributed by atoms with Gasteiger partial charge >= 0.3 is 6.03 Å². The second kappa shape index (κ2) is 13.8. The first-order valence-electron chi connectivity index (χ1n) is 14.8. The Labute approximate surface area is 262 Å². The van der Waals surface area contributed by atoms with E-state index in [1.165, 1.54) is 13.3 Å². The maximum Gasteiger partial charge on any atom is 0.323 e. The molecule has 1 aliphatic heterocycles. The second-order valence-electron chi connectivity index (χ2n) is 11.7. The molecule has 45 heavy (non-hydrogen) atoms. The minimum absolute atomic E-state index is 0.103. The van der Waals surface area contributed by atoms with E-state index in [0.29, 0.717) is 48.3 Å². The Hall–Kier alpha value is -4.94. The summed E-state index contributed by atoms with van der Waals surface area (Å²) in [6.07, 6.45) is 1.52. The number of rotatable bonds is 9. The van der Waals surface area contributed by atoms with Gasteiger partial charge in [-0.1, -0.05) is 45.0 Å². The predicted octanol–water partition coefficient (Wildman–Crippen LogP) is 5.02. The molecule has 5 rings (SSSR count). The van der Waals surface area contributed by atoms with Crippen LogP contribution in [0.1, 0.15) is 36.7 Å². The molecule has 1 fully saturated rings. The number of benzene rings is 3. The van der Waals surface area contributed by atoms with Crippen LogP contribution in [0.3, 0.4) is 0 Å². The summed E-state index contributed by atoms with van der Waals surface area (Å²) in [5, 5.41) is 10.4. The lowest BCUT2D eigenvalue weighted by atomic mass is 9.85. The highest BCUT2D eigenvalue weighted by Gasteiger charge is 2.24. The maximum absolute atomic E-state index is 13.4. The molecule has 236 valence electrons. The van der Waals surface area contributed by atoms with Gasteiger partial charge in [0.25, 0.3) is 5.91 Å². The van der Waals surface area contributed by atoms with Gasteiger partial charge in [0.05, 0.1) is 37.3 Å². The number of carbonyl (C=O) groups is 2. The van der Waals surface area contributed by atoms with Crippen molar-refractivity contribution >= 4 is 40.0 Å². The van der Waals surface area contributed by atoms with Crippen molar-refractivity contribution in [1.29, 1.82) is 0 Å². The van der Waals surface area contributed by atoms with Crippen LogP contribution in [-0.2, 0) is 10.2 Å². The van der Waals surface area contributed by atoms with Gasteiger partial charge in [-0.2, -0.15) is 4.98 Å². The Morgan fingerprint density at radius 3 is 2.44 bits per heavy atom. The Balaban J connectivity index is 1.37. The number of nitrogens with one attached hydrogen (secondary N) is 3. The fraction of sp³-hybridized carbons (Fsp3) is 0.333. The summed E-state index contributed by atoms with van der Waals surface area (Å²) < 4.78 is 17.1. The number of nitrogens with zero attached hydrogens (tertiary/aromatic N) is 3. The van der Waals surface area contributed by atoms with Crippen LogP contribution in [0.2, 0.25) is 0 Å². The summed E-state index contributed by atoms with van der Waals surface area (Å²) in [5.74, 6) is 0.948. The predicted molar refractivity (Wildman–Crippen MR) is 174 cm³/mol. The molecule has 12 heteroatoms. The van der Waals surface area contributed by atoms with Crippen molar-refractivity contribution < 1.29 is 23.8 Å². The molecule has 2 heterocycles. The number of amides is 3. The lowest BCUT2D eigenvalue weighted by Gasteiger charge is -2.26. The van der Waals surface area contributed by atoms with Crippen LogP contribution >= 0.6 is 0 Å². The molecule has 0 aliphatic carbocycles. The summed E-state index contributed by atoms with van der Waals surface area (Å²) in [5.41, 5.74) is 7.56. The van der Waals surface area contributed by atoms with Gasteiger partial charge < -0.3 is 35.9 Å². The van der Waals surface area contributed by atoms with Crippen LogP contribution in [0.4, 0.5) is 22.1 Å². The minimum atomic E-state index is -0.500. The number of hydrogen-bond acceptors (Lipinski definition) is 9. The number of nitrogen functional groups attached to an aromatic ring is 1. The van der Waals surface area contributed by atoms with Gasteiger partial charge in [-0.25, -0.2) is 9.78 Å². The van der Waals surface area contributed by atoms with Gasteiger partial charge in [0.15, 0.2) is 5.75 Å². The van der Waals surface area contributed by atoms with Gasteiger partial charge in [-0.05, 0) is 35.2 Å². The minimum Gasteiger partial charge on any atom is -0.494 e. The van der Waals surface area contributed by atoms with Crippen molar-refractivity contribution in [2.45, 2.75) is 26.2 Å². The zero-order valence-electron chi connectivity index (χ0n) is 26.0. The third-order valence-electron chi connectivity index (χ3n) is 7.46. The lowest BCUT2D eigenvalue weighted by molar-refractivity contribution is 0.0383. The van der Waals surface area contributed by atoms with E-state index < -0.39 is 6.03 Å². The number of aromatic nitrogens is 2. The topological polar surface area (TPSA) is 153 Å². The van der Waals surface area contributed by atoms with Gasteiger partial charge in [-0.3, -0.25) is 9.69 Å². The molecular weight excluding hydrogens is 574 g/mol. The molecule has 5 N–H and O–H groups in total. The number of hydrogen-bond donors (Lipinski definition) is 4. The van der Waals surface area contributed by atoms with Crippen molar-refractivity contribution in [3.05, 3.63) is 71.9 Å². The van der Waals surface area contributed by atoms with Gasteiger partial charge in [0.1, 0.15) is 5.75 Å². The molecular formula is C33H39N7O5. The SMILES string of the molecule is COc1c(NC(=O)Nc2ccc(Oc3ccnc(N)n3)c3ccccc23)cc(C(C)(C)C)cc1C(=O)NCCN1CCOCC1. The molecule has 0 saturated carbocycles. The molecule has 0 bridgehead atoms. The van der Waals surface area contributed by atoms with E-state index in [0.717, 1.165) is 36.0 Å². The summed E-state index contributed by atoms with van der Waals surface area (Å²) in [4.78, 5) is 37.1. The van der Waals surface area contributed by atoms with Crippen molar-refractivity contribution in [3.63, 3.8) is 0 Å². The molecule has 0 atom stereocenters. The first-order chi connectivity index (χ1) is 21.6. The molecule has 3 amide bonds. The summed E-state index contributed by atoms with van der Waals surface area (Å²) in [6.45, 7) is 10.4. The molecule has 1 aliphatic rings.